The average molecular weight is 783 g/mol. The fraction of sp³-hybridized carbons (Fsp3) is 0. The Morgan fingerprint density at radius 3 is 1.60 bits per heavy atom. The van der Waals surface area contributed by atoms with Crippen molar-refractivity contribution in [1.29, 1.82) is 0 Å². The normalized spacial score (nSPS) is 11.7. The van der Waals surface area contributed by atoms with E-state index >= 15 is 0 Å². The maximum atomic E-state index is 5.25. The maximum absolute atomic E-state index is 5.25. The Morgan fingerprint density at radius 1 is 0.333 bits per heavy atom. The predicted molar refractivity (Wildman–Crippen MR) is 252 cm³/mol. The largest absolute Gasteiger partial charge is 0.309 e. The Bertz CT molecular complexity index is 3540. The molecule has 0 saturated heterocycles. The molecular formula is C55H34N4S. The summed E-state index contributed by atoms with van der Waals surface area (Å²) in [6, 6.07) is 73.3. The number of para-hydroxylation sites is 2. The predicted octanol–water partition coefficient (Wildman–Crippen LogP) is 14.8. The lowest BCUT2D eigenvalue weighted by atomic mass is 9.95. The fourth-order valence-electron chi connectivity index (χ4n) is 8.85. The number of aromatic nitrogens is 4. The SMILES string of the molecule is c1ccc(-c2nc(-c3ccc(-c4cccc5c4sc4ccccc45)cc3)nc(-c3ccc(-c4cccc5ccccc45)c(-n4c5ccccc5c5ccccc54)c3)n2)cc1. The summed E-state index contributed by atoms with van der Waals surface area (Å²) in [4.78, 5) is 15.5. The third-order valence-electron chi connectivity index (χ3n) is 11.7. The van der Waals surface area contributed by atoms with Gasteiger partial charge in [0.05, 0.1) is 16.7 Å². The van der Waals surface area contributed by atoms with Gasteiger partial charge in [-0.05, 0) is 51.7 Å². The van der Waals surface area contributed by atoms with Gasteiger partial charge < -0.3 is 4.57 Å². The van der Waals surface area contributed by atoms with Crippen LogP contribution in [0.4, 0.5) is 0 Å². The summed E-state index contributed by atoms with van der Waals surface area (Å²) in [5.74, 6) is 1.87. The molecule has 3 heterocycles. The summed E-state index contributed by atoms with van der Waals surface area (Å²) in [5.41, 5.74) is 10.8. The van der Waals surface area contributed by atoms with Gasteiger partial charge in [0.1, 0.15) is 0 Å². The highest BCUT2D eigenvalue weighted by atomic mass is 32.1. The van der Waals surface area contributed by atoms with Gasteiger partial charge in [0.15, 0.2) is 17.5 Å². The second-order valence-corrected chi connectivity index (χ2v) is 16.2. The van der Waals surface area contributed by atoms with Crippen LogP contribution in [-0.4, -0.2) is 19.5 Å². The topological polar surface area (TPSA) is 43.6 Å². The van der Waals surface area contributed by atoms with Crippen LogP contribution in [0.3, 0.4) is 0 Å². The highest BCUT2D eigenvalue weighted by Crippen LogP contribution is 2.42. The van der Waals surface area contributed by atoms with Crippen molar-refractivity contribution < 1.29 is 0 Å². The standard InChI is InChI=1S/C55H34N4S/c1-2-15-37(16-3-1)53-56-54(38-30-28-36(29-31-38)41-22-13-24-47-46-21-8-11-27-51(46)60-52(41)47)58-55(57-53)39-32-33-45(42-23-12-17-35-14-4-5-18-40(35)42)50(34-39)59-48-25-9-6-19-43(48)44-20-7-10-26-49(44)59/h1-34H. The molecule has 0 aliphatic carbocycles. The quantitative estimate of drug-likeness (QED) is 0.169. The first-order valence-corrected chi connectivity index (χ1v) is 21.0. The molecule has 4 nitrogen and oxygen atoms in total. The average Bonchev–Trinajstić information content (AvgIpc) is 3.87. The first-order chi connectivity index (χ1) is 29.7. The molecule has 0 spiro atoms. The van der Waals surface area contributed by atoms with Crippen LogP contribution in [0, 0.1) is 0 Å². The number of fused-ring (bicyclic) bond motifs is 7. The van der Waals surface area contributed by atoms with Crippen molar-refractivity contribution in [3.8, 4) is 62.1 Å². The van der Waals surface area contributed by atoms with E-state index in [0.717, 1.165) is 44.5 Å². The molecule has 0 aliphatic rings. The van der Waals surface area contributed by atoms with Crippen LogP contribution in [0.5, 0.6) is 0 Å². The van der Waals surface area contributed by atoms with Crippen molar-refractivity contribution in [2.24, 2.45) is 0 Å². The zero-order valence-electron chi connectivity index (χ0n) is 32.3. The Hall–Kier alpha value is -7.73. The molecule has 0 radical (unpaired) electrons. The molecule has 0 bridgehead atoms. The van der Waals surface area contributed by atoms with Gasteiger partial charge in [0, 0.05) is 53.2 Å². The summed E-state index contributed by atoms with van der Waals surface area (Å²) in [6.07, 6.45) is 0. The number of nitrogens with zero attached hydrogens (tertiary/aromatic N) is 4. The van der Waals surface area contributed by atoms with E-state index in [9.17, 15) is 0 Å². The zero-order chi connectivity index (χ0) is 39.6. The molecule has 0 aliphatic heterocycles. The van der Waals surface area contributed by atoms with E-state index in [1.807, 2.05) is 29.5 Å². The van der Waals surface area contributed by atoms with Gasteiger partial charge in [-0.25, -0.2) is 15.0 Å². The van der Waals surface area contributed by atoms with E-state index in [-0.39, 0.29) is 0 Å². The van der Waals surface area contributed by atoms with Crippen molar-refractivity contribution in [3.63, 3.8) is 0 Å². The van der Waals surface area contributed by atoms with Crippen LogP contribution >= 0.6 is 11.3 Å². The number of hydrogen-bond acceptors (Lipinski definition) is 4. The van der Waals surface area contributed by atoms with E-state index in [1.165, 1.54) is 52.8 Å². The van der Waals surface area contributed by atoms with Gasteiger partial charge in [0.2, 0.25) is 0 Å². The molecule has 5 heteroatoms. The van der Waals surface area contributed by atoms with Gasteiger partial charge >= 0.3 is 0 Å². The molecule has 0 saturated carbocycles. The van der Waals surface area contributed by atoms with Gasteiger partial charge in [-0.2, -0.15) is 0 Å². The van der Waals surface area contributed by atoms with Gasteiger partial charge in [-0.1, -0.05) is 182 Å². The third-order valence-corrected chi connectivity index (χ3v) is 12.9. The minimum absolute atomic E-state index is 0.615. The van der Waals surface area contributed by atoms with Gasteiger partial charge in [0.25, 0.3) is 0 Å². The molecule has 12 aromatic rings. The second kappa shape index (κ2) is 14.0. The Kier molecular flexibility index (Phi) is 8.00. The molecule has 280 valence electrons. The highest BCUT2D eigenvalue weighted by Gasteiger charge is 2.20. The smallest absolute Gasteiger partial charge is 0.164 e. The Labute approximate surface area is 350 Å². The Balaban J connectivity index is 1.05. The minimum atomic E-state index is 0.615. The molecular weight excluding hydrogens is 749 g/mol. The van der Waals surface area contributed by atoms with Crippen molar-refractivity contribution in [2.75, 3.05) is 0 Å². The molecule has 0 fully saturated rings. The van der Waals surface area contributed by atoms with Crippen molar-refractivity contribution in [3.05, 3.63) is 206 Å². The van der Waals surface area contributed by atoms with E-state index in [0.29, 0.717) is 17.5 Å². The lowest BCUT2D eigenvalue weighted by Gasteiger charge is -2.17. The van der Waals surface area contributed by atoms with Crippen LogP contribution in [0.15, 0.2) is 206 Å². The first-order valence-electron chi connectivity index (χ1n) is 20.2. The summed E-state index contributed by atoms with van der Waals surface area (Å²) < 4.78 is 5.00. The third kappa shape index (κ3) is 5.63. The van der Waals surface area contributed by atoms with Crippen LogP contribution < -0.4 is 0 Å². The minimum Gasteiger partial charge on any atom is -0.309 e. The summed E-state index contributed by atoms with van der Waals surface area (Å²) in [5, 5.41) is 7.42. The van der Waals surface area contributed by atoms with Crippen molar-refractivity contribution in [1.82, 2.24) is 19.5 Å². The lowest BCUT2D eigenvalue weighted by molar-refractivity contribution is 1.07. The molecule has 60 heavy (non-hydrogen) atoms. The summed E-state index contributed by atoms with van der Waals surface area (Å²) in [6.45, 7) is 0. The maximum Gasteiger partial charge on any atom is 0.164 e. The molecule has 0 N–H and O–H groups in total. The van der Waals surface area contributed by atoms with E-state index in [4.69, 9.17) is 15.0 Å². The number of benzene rings is 9. The molecule has 0 atom stereocenters. The zero-order valence-corrected chi connectivity index (χ0v) is 33.1. The lowest BCUT2D eigenvalue weighted by Crippen LogP contribution is -2.02. The van der Waals surface area contributed by atoms with Crippen LogP contribution in [0.1, 0.15) is 0 Å². The van der Waals surface area contributed by atoms with Gasteiger partial charge in [-0.15, -0.1) is 11.3 Å². The van der Waals surface area contributed by atoms with Crippen LogP contribution in [0.25, 0.3) is 115 Å². The molecule has 0 unspecified atom stereocenters. The van der Waals surface area contributed by atoms with Crippen molar-refractivity contribution >= 4 is 64.1 Å². The van der Waals surface area contributed by atoms with E-state index in [2.05, 4.69) is 193 Å². The fourth-order valence-corrected chi connectivity index (χ4v) is 10.1. The molecule has 9 aromatic carbocycles. The van der Waals surface area contributed by atoms with E-state index < -0.39 is 0 Å². The van der Waals surface area contributed by atoms with Crippen molar-refractivity contribution in [2.45, 2.75) is 0 Å². The summed E-state index contributed by atoms with van der Waals surface area (Å²) in [7, 11) is 0. The van der Waals surface area contributed by atoms with Crippen LogP contribution in [0.2, 0.25) is 0 Å². The monoisotopic (exact) mass is 782 g/mol. The Morgan fingerprint density at radius 2 is 0.850 bits per heavy atom. The second-order valence-electron chi connectivity index (χ2n) is 15.2. The van der Waals surface area contributed by atoms with Crippen LogP contribution in [-0.2, 0) is 0 Å². The number of rotatable bonds is 6. The number of thiophene rings is 1. The molecule has 12 rings (SSSR count). The summed E-state index contributed by atoms with van der Waals surface area (Å²) >= 11 is 1.85. The van der Waals surface area contributed by atoms with E-state index in [1.54, 1.807) is 0 Å². The highest BCUT2D eigenvalue weighted by molar-refractivity contribution is 7.26. The molecule has 0 amide bonds. The molecule has 3 aromatic heterocycles. The van der Waals surface area contributed by atoms with Gasteiger partial charge in [-0.3, -0.25) is 0 Å². The number of hydrogen-bond donors (Lipinski definition) is 0. The first kappa shape index (κ1) is 34.3.